The van der Waals surface area contributed by atoms with E-state index in [-0.39, 0.29) is 35.9 Å². The standard InChI is InChI=1S/C26H38N4O5/c1-5-12-27-25(33)29(4)16-22-18(2)15-30(19(3)17-31)24(32)21-13-20(14-28-23(21)35-22)8-11-26(34)9-6-7-10-26/h13-14,18-19,22,31,34H,5-7,9-10,12,15-17H2,1-4H3,(H,27,33)/t18-,19+,22+/m1/s1. The molecule has 0 saturated heterocycles. The van der Waals surface area contributed by atoms with E-state index in [1.165, 1.54) is 6.20 Å². The molecule has 1 fully saturated rings. The molecule has 35 heavy (non-hydrogen) atoms. The number of urea groups is 1. The van der Waals surface area contributed by atoms with Gasteiger partial charge in [-0.05, 0) is 45.1 Å². The van der Waals surface area contributed by atoms with Crippen molar-refractivity contribution in [2.45, 2.75) is 70.6 Å². The molecule has 0 aromatic carbocycles. The molecule has 2 heterocycles. The van der Waals surface area contributed by atoms with Gasteiger partial charge in [0.1, 0.15) is 17.3 Å². The number of rotatable bonds is 6. The zero-order valence-corrected chi connectivity index (χ0v) is 21.2. The highest BCUT2D eigenvalue weighted by molar-refractivity contribution is 5.97. The van der Waals surface area contributed by atoms with Crippen molar-refractivity contribution in [2.75, 3.05) is 33.3 Å². The predicted octanol–water partition coefficient (Wildman–Crippen LogP) is 2.01. The van der Waals surface area contributed by atoms with Crippen molar-refractivity contribution in [1.82, 2.24) is 20.1 Å². The van der Waals surface area contributed by atoms with Gasteiger partial charge in [0.2, 0.25) is 5.88 Å². The van der Waals surface area contributed by atoms with Crippen molar-refractivity contribution in [3.8, 4) is 17.7 Å². The van der Waals surface area contributed by atoms with Crippen LogP contribution in [0.4, 0.5) is 4.79 Å². The highest BCUT2D eigenvalue weighted by Gasteiger charge is 2.35. The van der Waals surface area contributed by atoms with Crippen molar-refractivity contribution < 1.29 is 24.5 Å². The van der Waals surface area contributed by atoms with Crippen LogP contribution in [0.25, 0.3) is 0 Å². The summed E-state index contributed by atoms with van der Waals surface area (Å²) in [4.78, 5) is 33.5. The zero-order chi connectivity index (χ0) is 25.6. The molecule has 9 nitrogen and oxygen atoms in total. The monoisotopic (exact) mass is 486 g/mol. The van der Waals surface area contributed by atoms with E-state index in [0.717, 1.165) is 19.3 Å². The van der Waals surface area contributed by atoms with Crippen LogP contribution in [0.1, 0.15) is 68.8 Å². The molecule has 192 valence electrons. The number of aromatic nitrogens is 1. The van der Waals surface area contributed by atoms with Gasteiger partial charge in [0.15, 0.2) is 0 Å². The fourth-order valence-corrected chi connectivity index (χ4v) is 4.38. The van der Waals surface area contributed by atoms with Gasteiger partial charge in [0.05, 0.1) is 19.2 Å². The fraction of sp³-hybridized carbons (Fsp3) is 0.654. The minimum absolute atomic E-state index is 0.125. The number of aliphatic hydroxyl groups is 2. The van der Waals surface area contributed by atoms with E-state index in [0.29, 0.717) is 38.0 Å². The Morgan fingerprint density at radius 1 is 1.43 bits per heavy atom. The summed E-state index contributed by atoms with van der Waals surface area (Å²) in [5.41, 5.74) is -0.226. The van der Waals surface area contributed by atoms with Gasteiger partial charge in [0.25, 0.3) is 5.91 Å². The third kappa shape index (κ3) is 6.65. The number of amides is 3. The van der Waals surface area contributed by atoms with E-state index in [2.05, 4.69) is 22.1 Å². The molecule has 1 aliphatic carbocycles. The Morgan fingerprint density at radius 3 is 2.80 bits per heavy atom. The second kappa shape index (κ2) is 11.7. The molecule has 1 aromatic rings. The summed E-state index contributed by atoms with van der Waals surface area (Å²) < 4.78 is 6.22. The molecule has 1 aliphatic heterocycles. The van der Waals surface area contributed by atoms with Gasteiger partial charge in [-0.15, -0.1) is 0 Å². The number of pyridine rings is 1. The second-order valence-corrected chi connectivity index (χ2v) is 9.80. The van der Waals surface area contributed by atoms with Crippen LogP contribution in [0, 0.1) is 17.8 Å². The van der Waals surface area contributed by atoms with Crippen LogP contribution in [0.5, 0.6) is 5.88 Å². The third-order valence-corrected chi connectivity index (χ3v) is 6.72. The van der Waals surface area contributed by atoms with Gasteiger partial charge in [-0.25, -0.2) is 9.78 Å². The van der Waals surface area contributed by atoms with E-state index in [1.54, 1.807) is 29.8 Å². The Morgan fingerprint density at radius 2 is 2.14 bits per heavy atom. The van der Waals surface area contributed by atoms with E-state index in [4.69, 9.17) is 4.74 Å². The van der Waals surface area contributed by atoms with Gasteiger partial charge in [-0.3, -0.25) is 4.79 Å². The van der Waals surface area contributed by atoms with Gasteiger partial charge in [-0.1, -0.05) is 25.7 Å². The molecule has 0 spiro atoms. The molecule has 0 bridgehead atoms. The van der Waals surface area contributed by atoms with Crippen LogP contribution < -0.4 is 10.1 Å². The molecule has 3 rings (SSSR count). The maximum atomic E-state index is 13.5. The Kier molecular flexibility index (Phi) is 8.98. The Labute approximate surface area is 207 Å². The third-order valence-electron chi connectivity index (χ3n) is 6.72. The number of fused-ring (bicyclic) bond motifs is 1. The largest absolute Gasteiger partial charge is 0.472 e. The number of nitrogens with one attached hydrogen (secondary N) is 1. The lowest BCUT2D eigenvalue weighted by molar-refractivity contribution is 0.0352. The summed E-state index contributed by atoms with van der Waals surface area (Å²) in [7, 11) is 1.71. The number of nitrogens with zero attached hydrogens (tertiary/aromatic N) is 3. The van der Waals surface area contributed by atoms with Crippen molar-refractivity contribution in [3.63, 3.8) is 0 Å². The first kappa shape index (κ1) is 26.8. The van der Waals surface area contributed by atoms with Crippen molar-refractivity contribution in [1.29, 1.82) is 0 Å². The Balaban J connectivity index is 1.92. The zero-order valence-electron chi connectivity index (χ0n) is 21.2. The first-order chi connectivity index (χ1) is 16.7. The first-order valence-corrected chi connectivity index (χ1v) is 12.5. The SMILES string of the molecule is CCCNC(=O)N(C)C[C@@H]1Oc2ncc(C#CC3(O)CCCC3)cc2C(=O)N([C@@H](C)CO)C[C@H]1C. The summed E-state index contributed by atoms with van der Waals surface area (Å²) in [6, 6.07) is 1.04. The molecule has 3 atom stereocenters. The number of carbonyl (C=O) groups excluding carboxylic acids is 2. The number of hydrogen-bond donors (Lipinski definition) is 3. The Hall–Kier alpha value is -2.83. The minimum Gasteiger partial charge on any atom is -0.472 e. The molecule has 2 aliphatic rings. The topological polar surface area (TPSA) is 115 Å². The lowest BCUT2D eigenvalue weighted by Crippen LogP contribution is -2.51. The average Bonchev–Trinajstić information content (AvgIpc) is 3.29. The van der Waals surface area contributed by atoms with E-state index in [9.17, 15) is 19.8 Å². The fourth-order valence-electron chi connectivity index (χ4n) is 4.38. The maximum Gasteiger partial charge on any atom is 0.317 e. The molecule has 3 N–H and O–H groups in total. The summed E-state index contributed by atoms with van der Waals surface area (Å²) in [6.07, 6.45) is 5.12. The molecule has 0 unspecified atom stereocenters. The van der Waals surface area contributed by atoms with Crippen LogP contribution in [-0.2, 0) is 0 Å². The van der Waals surface area contributed by atoms with Crippen molar-refractivity contribution in [3.05, 3.63) is 23.4 Å². The number of likely N-dealkylation sites (N-methyl/N-ethyl adjacent to an activating group) is 1. The highest BCUT2D eigenvalue weighted by Crippen LogP contribution is 2.30. The number of aliphatic hydroxyl groups excluding tert-OH is 1. The molecule has 1 saturated carbocycles. The molecule has 3 amide bonds. The number of ether oxygens (including phenoxy) is 1. The first-order valence-electron chi connectivity index (χ1n) is 12.5. The number of carbonyl (C=O) groups is 2. The minimum atomic E-state index is -0.994. The normalized spacial score (nSPS) is 22.1. The van der Waals surface area contributed by atoms with Gasteiger partial charge in [0, 0.05) is 37.8 Å². The summed E-state index contributed by atoms with van der Waals surface area (Å²) in [6.45, 7) is 6.80. The summed E-state index contributed by atoms with van der Waals surface area (Å²) in [5.74, 6) is 5.68. The quantitative estimate of drug-likeness (QED) is 0.530. The van der Waals surface area contributed by atoms with Crippen LogP contribution in [0.15, 0.2) is 12.3 Å². The van der Waals surface area contributed by atoms with E-state index >= 15 is 0 Å². The molecular formula is C26H38N4O5. The lowest BCUT2D eigenvalue weighted by Gasteiger charge is -2.37. The molecule has 9 heteroatoms. The van der Waals surface area contributed by atoms with Gasteiger partial charge < -0.3 is 30.1 Å². The van der Waals surface area contributed by atoms with Gasteiger partial charge in [-0.2, -0.15) is 0 Å². The molecule has 0 radical (unpaired) electrons. The predicted molar refractivity (Wildman–Crippen MR) is 132 cm³/mol. The second-order valence-electron chi connectivity index (χ2n) is 9.80. The van der Waals surface area contributed by atoms with Crippen LogP contribution >= 0.6 is 0 Å². The smallest absolute Gasteiger partial charge is 0.317 e. The average molecular weight is 487 g/mol. The van der Waals surface area contributed by atoms with E-state index < -0.39 is 17.7 Å². The van der Waals surface area contributed by atoms with Crippen LogP contribution in [0.2, 0.25) is 0 Å². The molecular weight excluding hydrogens is 448 g/mol. The van der Waals surface area contributed by atoms with Crippen molar-refractivity contribution >= 4 is 11.9 Å². The van der Waals surface area contributed by atoms with Crippen molar-refractivity contribution in [2.24, 2.45) is 5.92 Å². The molecule has 1 aromatic heterocycles. The number of hydrogen-bond acceptors (Lipinski definition) is 6. The van der Waals surface area contributed by atoms with Crippen LogP contribution in [0.3, 0.4) is 0 Å². The van der Waals surface area contributed by atoms with Gasteiger partial charge >= 0.3 is 6.03 Å². The highest BCUT2D eigenvalue weighted by atomic mass is 16.5. The summed E-state index contributed by atoms with van der Waals surface area (Å²) >= 11 is 0. The lowest BCUT2D eigenvalue weighted by atomic mass is 9.99. The maximum absolute atomic E-state index is 13.5. The van der Waals surface area contributed by atoms with Crippen LogP contribution in [-0.4, -0.2) is 88.0 Å². The van der Waals surface area contributed by atoms with E-state index in [1.807, 2.05) is 13.8 Å². The Bertz CT molecular complexity index is 966. The summed E-state index contributed by atoms with van der Waals surface area (Å²) in [5, 5.41) is 23.2.